The number of pyridine rings is 1. The monoisotopic (exact) mass is 1210 g/mol. The minimum absolute atomic E-state index is 0.0779. The average Bonchev–Trinajstić information content (AvgIpc) is 0.996. The van der Waals surface area contributed by atoms with Gasteiger partial charge in [0.2, 0.25) is 0 Å². The minimum Gasteiger partial charge on any atom is -0.458 e. The van der Waals surface area contributed by atoms with Gasteiger partial charge < -0.3 is 4.74 Å². The van der Waals surface area contributed by atoms with Crippen LogP contribution < -0.4 is 30.1 Å². The van der Waals surface area contributed by atoms with Gasteiger partial charge in [-0.25, -0.2) is 4.98 Å². The summed E-state index contributed by atoms with van der Waals surface area (Å²) in [6.07, 6.45) is 5.24. The number of hydrogen-bond acceptors (Lipinski definition) is 2. The third-order valence-electron chi connectivity index (χ3n) is 15.9. The SMILES string of the molecule is [2H]c1c([2H])c([2H])c(-c2ccc3c(c2)n(-c2cccc(Oc4ccc5c6ccccc6n(-c6cc(C(C)(C)C)ccn6)c5c4)c2)[c-][n+]3-c2c(-c3c([2H])c(C(C)(C)C)c([2H])c(C(C)(C)C)c3[2H])cccc2-c2c([2H])c([2H])c([2H])c([Si](c3c([2H])c([2H])c([2H])c([2H])c3[2H])(c3c([2H])c([2H])c([2H])c([2H])c3[2H])c3c([2H])c([2H])c([2H])c([2H])c3[2H])c2[2H])c([2H])c1[2H]. The first-order valence-electron chi connectivity index (χ1n) is 42.7. The van der Waals surface area contributed by atoms with Crippen molar-refractivity contribution in [1.82, 2.24) is 14.1 Å². The summed E-state index contributed by atoms with van der Waals surface area (Å²) in [6, 6.07) is 7.37. The molecule has 0 N–H and O–H groups in total. The molecule has 0 aliphatic heterocycles. The van der Waals surface area contributed by atoms with E-state index < -0.39 is 190 Å². The predicted molar refractivity (Wildman–Crippen MR) is 378 cm³/mol. The molecule has 0 saturated carbocycles. The Morgan fingerprint density at radius 3 is 1.64 bits per heavy atom. The van der Waals surface area contributed by atoms with Crippen LogP contribution >= 0.6 is 0 Å². The first kappa shape index (κ1) is 34.6. The lowest BCUT2D eigenvalue weighted by atomic mass is 9.78. The number of aromatic nitrogens is 4. The second-order valence-electron chi connectivity index (χ2n) is 25.0. The second-order valence-corrected chi connectivity index (χ2v) is 28.5. The van der Waals surface area contributed by atoms with Crippen molar-refractivity contribution in [2.24, 2.45) is 0 Å². The Balaban J connectivity index is 1.15. The van der Waals surface area contributed by atoms with Gasteiger partial charge in [-0.3, -0.25) is 13.7 Å². The van der Waals surface area contributed by atoms with Gasteiger partial charge in [-0.2, -0.15) is 0 Å². The van der Waals surface area contributed by atoms with Gasteiger partial charge in [-0.15, -0.1) is 0 Å². The number of rotatable bonds is 12. The van der Waals surface area contributed by atoms with Gasteiger partial charge in [0.05, 0.1) is 70.5 Å². The van der Waals surface area contributed by atoms with E-state index in [2.05, 4.69) is 31.7 Å². The van der Waals surface area contributed by atoms with E-state index in [0.29, 0.717) is 11.6 Å². The molecule has 0 saturated heterocycles. The molecule has 0 atom stereocenters. The van der Waals surface area contributed by atoms with Gasteiger partial charge in [0.25, 0.3) is 6.33 Å². The fraction of sp³-hybridized carbons (Fsp3) is 0.143. The minimum atomic E-state index is -6.47. The Bertz CT molecular complexity index is 6350. The summed E-state index contributed by atoms with van der Waals surface area (Å²) in [5.74, 6) is 1.30. The van der Waals surface area contributed by atoms with E-state index in [9.17, 15) is 28.8 Å². The summed E-state index contributed by atoms with van der Waals surface area (Å²) < 4.78 is 271. The number of imidazole rings is 1. The van der Waals surface area contributed by atoms with Crippen molar-refractivity contribution < 1.29 is 46.3 Å². The molecule has 0 spiro atoms. The predicted octanol–water partition coefficient (Wildman–Crippen LogP) is 18.3. The van der Waals surface area contributed by atoms with Crippen LogP contribution in [0.25, 0.3) is 83.4 Å². The van der Waals surface area contributed by atoms with E-state index in [-0.39, 0.29) is 90.6 Å². The van der Waals surface area contributed by atoms with Gasteiger partial charge in [-0.05, 0) is 142 Å². The smallest absolute Gasteiger partial charge is 0.269 e. The maximum atomic E-state index is 11.1. The normalized spacial score (nSPS) is 16.5. The topological polar surface area (TPSA) is 35.9 Å². The summed E-state index contributed by atoms with van der Waals surface area (Å²) in [6.45, 7) is 17.1. The molecular formula is C84H74N4OSi. The third kappa shape index (κ3) is 10.5. The molecule has 5 nitrogen and oxygen atoms in total. The Morgan fingerprint density at radius 1 is 0.433 bits per heavy atom. The highest BCUT2D eigenvalue weighted by atomic mass is 28.3. The second kappa shape index (κ2) is 22.8. The zero-order chi connectivity index (χ0) is 85.4. The maximum absolute atomic E-state index is 11.1. The van der Waals surface area contributed by atoms with Crippen molar-refractivity contribution in [2.75, 3.05) is 0 Å². The van der Waals surface area contributed by atoms with Crippen LogP contribution in [0.15, 0.2) is 285 Å². The molecule has 0 radical (unpaired) electrons. The molecule has 440 valence electrons. The lowest BCUT2D eigenvalue weighted by molar-refractivity contribution is -0.571. The Morgan fingerprint density at radius 2 is 1.00 bits per heavy atom. The van der Waals surface area contributed by atoms with Crippen LogP contribution in [0.2, 0.25) is 0 Å². The molecule has 0 unspecified atom stereocenters. The van der Waals surface area contributed by atoms with E-state index in [1.165, 1.54) is 45.5 Å². The van der Waals surface area contributed by atoms with Gasteiger partial charge in [0.1, 0.15) is 17.3 Å². The molecule has 3 aromatic heterocycles. The zero-order valence-corrected chi connectivity index (χ0v) is 51.7. The molecule has 0 amide bonds. The van der Waals surface area contributed by atoms with Crippen LogP contribution in [0.4, 0.5) is 0 Å². The quantitative estimate of drug-likeness (QED) is 0.0529. The standard InChI is InChI=1S/C84H74N4OSi/c1-82(2,3)62-47-48-85-80(54-62)88-76-42-23-22-39-74(76)75-45-44-67(56-78(75)88)89-66-31-25-30-65(55-66)86-57-87(77-46-43-59(52-79(77)86)58-27-14-10-15-28-58)81-72(40-26-41-73(81)61-49-63(83(4,5)6)53-64(50-61)84(7,8)9)60-29-24-38-71(51-60)90(68-32-16-11-17-33-68,69-34-18-12-19-35-69)70-36-20-13-21-37-70/h10-56H,1-9H3/i10D,11D,12D,13D,14D,15D,16D,17D,18D,19D,20D,21D,24D,27D,28D,29D,32D,33D,34D,35D,36D,37D,38D,49D,50D,51D,53D. The Labute approximate surface area is 568 Å². The Hall–Kier alpha value is -10.1. The molecular weight excluding hydrogens is 1110 g/mol. The van der Waals surface area contributed by atoms with Crippen molar-refractivity contribution in [1.29, 1.82) is 0 Å². The van der Waals surface area contributed by atoms with Crippen molar-refractivity contribution >= 4 is 61.7 Å². The summed E-state index contributed by atoms with van der Waals surface area (Å²) >= 11 is 0. The molecule has 3 heterocycles. The number of fused-ring (bicyclic) bond motifs is 4. The number of hydrogen-bond donors (Lipinski definition) is 0. The molecule has 0 bridgehead atoms. The van der Waals surface area contributed by atoms with Gasteiger partial charge in [0, 0.05) is 23.0 Å². The molecule has 6 heteroatoms. The molecule has 0 fully saturated rings. The lowest BCUT2D eigenvalue weighted by Crippen LogP contribution is -2.74. The van der Waals surface area contributed by atoms with Crippen LogP contribution in [0.5, 0.6) is 11.5 Å². The molecule has 0 aliphatic rings. The van der Waals surface area contributed by atoms with Crippen molar-refractivity contribution in [2.45, 2.75) is 78.6 Å². The molecule has 11 aromatic carbocycles. The van der Waals surface area contributed by atoms with Crippen LogP contribution in [0, 0.1) is 6.33 Å². The summed E-state index contributed by atoms with van der Waals surface area (Å²) in [5.41, 5.74) is -0.419. The van der Waals surface area contributed by atoms with E-state index in [1.54, 1.807) is 72.0 Å². The van der Waals surface area contributed by atoms with Crippen LogP contribution in [0.3, 0.4) is 0 Å². The highest BCUT2D eigenvalue weighted by Gasteiger charge is 2.41. The first-order valence-corrected chi connectivity index (χ1v) is 31.2. The molecule has 0 aliphatic carbocycles. The summed E-state index contributed by atoms with van der Waals surface area (Å²) in [4.78, 5) is 4.86. The van der Waals surface area contributed by atoms with E-state index >= 15 is 0 Å². The number of nitrogens with zero attached hydrogens (tertiary/aromatic N) is 4. The number of benzene rings is 11. The third-order valence-corrected chi connectivity index (χ3v) is 19.9. The highest BCUT2D eigenvalue weighted by Crippen LogP contribution is 2.41. The van der Waals surface area contributed by atoms with Gasteiger partial charge >= 0.3 is 0 Å². The van der Waals surface area contributed by atoms with Crippen LogP contribution in [0.1, 0.15) is 116 Å². The Kier molecular flexibility index (Phi) is 8.75. The van der Waals surface area contributed by atoms with E-state index in [0.717, 1.165) is 27.4 Å². The number of ether oxygens (including phenoxy) is 1. The fourth-order valence-corrected chi connectivity index (χ4v) is 14.9. The lowest BCUT2D eigenvalue weighted by Gasteiger charge is -2.34. The molecule has 90 heavy (non-hydrogen) atoms. The van der Waals surface area contributed by atoms with E-state index in [4.69, 9.17) is 17.9 Å². The van der Waals surface area contributed by atoms with Gasteiger partial charge in [-0.1, -0.05) is 280 Å². The average molecular weight is 1210 g/mol. The molecule has 14 rings (SSSR count). The van der Waals surface area contributed by atoms with Crippen molar-refractivity contribution in [3.8, 4) is 62.1 Å². The number of para-hydroxylation sites is 2. The zero-order valence-electron chi connectivity index (χ0n) is 77.7. The van der Waals surface area contributed by atoms with Crippen molar-refractivity contribution in [3.05, 3.63) is 308 Å². The molecule has 14 aromatic rings. The summed E-state index contributed by atoms with van der Waals surface area (Å²) in [5, 5.41) is -2.42. The van der Waals surface area contributed by atoms with Crippen molar-refractivity contribution in [3.63, 3.8) is 0 Å². The van der Waals surface area contributed by atoms with E-state index in [1.807, 2.05) is 54.6 Å². The fourth-order valence-electron chi connectivity index (χ4n) is 11.4. The van der Waals surface area contributed by atoms with Crippen LogP contribution in [-0.4, -0.2) is 22.2 Å². The maximum Gasteiger partial charge on any atom is 0.269 e. The van der Waals surface area contributed by atoms with Crippen LogP contribution in [-0.2, 0) is 16.2 Å². The summed E-state index contributed by atoms with van der Waals surface area (Å²) in [7, 11) is -6.47. The highest BCUT2D eigenvalue weighted by molar-refractivity contribution is 7.19. The largest absolute Gasteiger partial charge is 0.458 e. The van der Waals surface area contributed by atoms with Gasteiger partial charge in [0.15, 0.2) is 8.07 Å². The first-order chi connectivity index (χ1) is 54.7.